The Morgan fingerprint density at radius 2 is 2.14 bits per heavy atom. The van der Waals surface area contributed by atoms with Gasteiger partial charge in [0.05, 0.1) is 0 Å². The summed E-state index contributed by atoms with van der Waals surface area (Å²) < 4.78 is 0. The lowest BCUT2D eigenvalue weighted by atomic mass is 9.64. The van der Waals surface area contributed by atoms with Crippen LogP contribution >= 0.6 is 0 Å². The van der Waals surface area contributed by atoms with E-state index in [2.05, 4.69) is 32.9 Å². The number of hydrogen-bond acceptors (Lipinski definition) is 1. The maximum absolute atomic E-state index is 11.4. The molecule has 1 rings (SSSR count). The first-order chi connectivity index (χ1) is 6.66. The SMILES string of the molecule is CCC(C(C)C)C1(C=O)CC=CCC1. The lowest BCUT2D eigenvalue weighted by molar-refractivity contribution is -0.121. The largest absolute Gasteiger partial charge is 0.303 e. The van der Waals surface area contributed by atoms with Crippen LogP contribution in [0.5, 0.6) is 0 Å². The van der Waals surface area contributed by atoms with E-state index in [1.807, 2.05) is 0 Å². The predicted octanol–water partition coefficient (Wildman–Crippen LogP) is 3.59. The third-order valence-corrected chi connectivity index (χ3v) is 3.66. The molecule has 0 spiro atoms. The molecule has 0 aromatic heterocycles. The zero-order valence-corrected chi connectivity index (χ0v) is 9.62. The molecule has 0 heterocycles. The van der Waals surface area contributed by atoms with Crippen molar-refractivity contribution in [2.75, 3.05) is 0 Å². The molecule has 1 heteroatoms. The fourth-order valence-corrected chi connectivity index (χ4v) is 2.95. The summed E-state index contributed by atoms with van der Waals surface area (Å²) in [5, 5.41) is 0. The minimum Gasteiger partial charge on any atom is -0.303 e. The maximum Gasteiger partial charge on any atom is 0.126 e. The first kappa shape index (κ1) is 11.5. The van der Waals surface area contributed by atoms with Crippen molar-refractivity contribution in [2.24, 2.45) is 17.3 Å². The normalized spacial score (nSPS) is 29.1. The fourth-order valence-electron chi connectivity index (χ4n) is 2.95. The first-order valence-electron chi connectivity index (χ1n) is 5.77. The molecule has 14 heavy (non-hydrogen) atoms. The molecular formula is C13H22O. The Balaban J connectivity index is 2.86. The molecule has 80 valence electrons. The molecule has 0 aromatic carbocycles. The summed E-state index contributed by atoms with van der Waals surface area (Å²) in [7, 11) is 0. The number of aldehydes is 1. The van der Waals surface area contributed by atoms with Gasteiger partial charge in [0.1, 0.15) is 6.29 Å². The Morgan fingerprint density at radius 3 is 2.50 bits per heavy atom. The molecule has 0 saturated heterocycles. The minimum atomic E-state index is -0.0579. The maximum atomic E-state index is 11.4. The van der Waals surface area contributed by atoms with Crippen molar-refractivity contribution in [1.82, 2.24) is 0 Å². The molecule has 0 aliphatic heterocycles. The van der Waals surface area contributed by atoms with Crippen molar-refractivity contribution < 1.29 is 4.79 Å². The standard InChI is InChI=1S/C13H22O/c1-4-12(11(2)3)13(10-14)8-6-5-7-9-13/h5-6,10-12H,4,7-9H2,1-3H3. The quantitative estimate of drug-likeness (QED) is 0.493. The van der Waals surface area contributed by atoms with Gasteiger partial charge in [-0.15, -0.1) is 0 Å². The molecule has 0 fully saturated rings. The highest BCUT2D eigenvalue weighted by molar-refractivity contribution is 5.61. The summed E-state index contributed by atoms with van der Waals surface area (Å²) in [5.74, 6) is 1.15. The van der Waals surface area contributed by atoms with Crippen molar-refractivity contribution in [1.29, 1.82) is 0 Å². The van der Waals surface area contributed by atoms with E-state index in [4.69, 9.17) is 0 Å². The lowest BCUT2D eigenvalue weighted by Gasteiger charge is -2.39. The van der Waals surface area contributed by atoms with Gasteiger partial charge in [0.2, 0.25) is 0 Å². The Kier molecular flexibility index (Phi) is 3.91. The van der Waals surface area contributed by atoms with Crippen molar-refractivity contribution >= 4 is 6.29 Å². The van der Waals surface area contributed by atoms with E-state index < -0.39 is 0 Å². The average Bonchev–Trinajstić information content (AvgIpc) is 2.19. The Bertz CT molecular complexity index is 217. The second-order valence-corrected chi connectivity index (χ2v) is 4.82. The van der Waals surface area contributed by atoms with E-state index in [9.17, 15) is 4.79 Å². The van der Waals surface area contributed by atoms with Gasteiger partial charge in [-0.2, -0.15) is 0 Å². The summed E-state index contributed by atoms with van der Waals surface area (Å²) in [6.07, 6.45) is 9.80. The highest BCUT2D eigenvalue weighted by Gasteiger charge is 2.38. The number of hydrogen-bond donors (Lipinski definition) is 0. The summed E-state index contributed by atoms with van der Waals surface area (Å²) in [6.45, 7) is 6.67. The van der Waals surface area contributed by atoms with Gasteiger partial charge in [-0.05, 0) is 31.1 Å². The number of allylic oxidation sites excluding steroid dienone is 2. The van der Waals surface area contributed by atoms with Crippen LogP contribution in [0.3, 0.4) is 0 Å². The van der Waals surface area contributed by atoms with Crippen molar-refractivity contribution in [3.8, 4) is 0 Å². The molecule has 0 amide bonds. The van der Waals surface area contributed by atoms with Gasteiger partial charge < -0.3 is 4.79 Å². The van der Waals surface area contributed by atoms with Crippen molar-refractivity contribution in [2.45, 2.75) is 46.5 Å². The van der Waals surface area contributed by atoms with Gasteiger partial charge in [0.15, 0.2) is 0 Å². The van der Waals surface area contributed by atoms with Crippen LogP contribution in [-0.2, 0) is 4.79 Å². The lowest BCUT2D eigenvalue weighted by Crippen LogP contribution is -2.36. The van der Waals surface area contributed by atoms with E-state index in [1.54, 1.807) is 0 Å². The van der Waals surface area contributed by atoms with Crippen LogP contribution in [0.1, 0.15) is 46.5 Å². The summed E-state index contributed by atoms with van der Waals surface area (Å²) in [6, 6.07) is 0. The van der Waals surface area contributed by atoms with Crippen LogP contribution in [-0.4, -0.2) is 6.29 Å². The van der Waals surface area contributed by atoms with Gasteiger partial charge in [0.25, 0.3) is 0 Å². The molecule has 0 N–H and O–H groups in total. The summed E-state index contributed by atoms with van der Waals surface area (Å²) in [4.78, 5) is 11.4. The second kappa shape index (κ2) is 4.77. The van der Waals surface area contributed by atoms with Crippen LogP contribution in [0.15, 0.2) is 12.2 Å². The molecular weight excluding hydrogens is 172 g/mol. The van der Waals surface area contributed by atoms with E-state index >= 15 is 0 Å². The third-order valence-electron chi connectivity index (χ3n) is 3.66. The van der Waals surface area contributed by atoms with Crippen LogP contribution in [0.2, 0.25) is 0 Å². The van der Waals surface area contributed by atoms with Gasteiger partial charge in [-0.3, -0.25) is 0 Å². The van der Waals surface area contributed by atoms with E-state index in [1.165, 1.54) is 6.29 Å². The molecule has 0 saturated carbocycles. The van der Waals surface area contributed by atoms with Crippen LogP contribution in [0.25, 0.3) is 0 Å². The van der Waals surface area contributed by atoms with Crippen LogP contribution < -0.4 is 0 Å². The molecule has 0 aromatic rings. The minimum absolute atomic E-state index is 0.0579. The van der Waals surface area contributed by atoms with Crippen LogP contribution in [0, 0.1) is 17.3 Å². The molecule has 1 aliphatic rings. The zero-order chi connectivity index (χ0) is 10.6. The summed E-state index contributed by atoms with van der Waals surface area (Å²) in [5.41, 5.74) is -0.0579. The van der Waals surface area contributed by atoms with E-state index in [0.29, 0.717) is 11.8 Å². The van der Waals surface area contributed by atoms with Gasteiger partial charge in [-0.25, -0.2) is 0 Å². The summed E-state index contributed by atoms with van der Waals surface area (Å²) >= 11 is 0. The molecule has 0 radical (unpaired) electrons. The highest BCUT2D eigenvalue weighted by Crippen LogP contribution is 2.43. The smallest absolute Gasteiger partial charge is 0.126 e. The third kappa shape index (κ3) is 2.08. The van der Waals surface area contributed by atoms with Crippen molar-refractivity contribution in [3.63, 3.8) is 0 Å². The zero-order valence-electron chi connectivity index (χ0n) is 9.62. The number of carbonyl (C=O) groups is 1. The van der Waals surface area contributed by atoms with Crippen LogP contribution in [0.4, 0.5) is 0 Å². The molecule has 2 atom stereocenters. The predicted molar refractivity (Wildman–Crippen MR) is 60.1 cm³/mol. The Labute approximate surface area is 87.6 Å². The fraction of sp³-hybridized carbons (Fsp3) is 0.769. The Morgan fingerprint density at radius 1 is 1.43 bits per heavy atom. The number of carbonyl (C=O) groups excluding carboxylic acids is 1. The van der Waals surface area contributed by atoms with Gasteiger partial charge >= 0.3 is 0 Å². The second-order valence-electron chi connectivity index (χ2n) is 4.82. The highest BCUT2D eigenvalue weighted by atomic mass is 16.1. The van der Waals surface area contributed by atoms with E-state index in [0.717, 1.165) is 25.7 Å². The van der Waals surface area contributed by atoms with E-state index in [-0.39, 0.29) is 5.41 Å². The van der Waals surface area contributed by atoms with Gasteiger partial charge in [0, 0.05) is 5.41 Å². The molecule has 1 nitrogen and oxygen atoms in total. The molecule has 0 bridgehead atoms. The molecule has 1 aliphatic carbocycles. The van der Waals surface area contributed by atoms with Gasteiger partial charge in [-0.1, -0.05) is 39.3 Å². The topological polar surface area (TPSA) is 17.1 Å². The van der Waals surface area contributed by atoms with Crippen molar-refractivity contribution in [3.05, 3.63) is 12.2 Å². The monoisotopic (exact) mass is 194 g/mol. The first-order valence-corrected chi connectivity index (χ1v) is 5.77. The number of rotatable bonds is 4. The molecule has 2 unspecified atom stereocenters. The Hall–Kier alpha value is -0.590. The average molecular weight is 194 g/mol.